The number of nitrogens with one attached hydrogen (secondary N) is 2. The summed E-state index contributed by atoms with van der Waals surface area (Å²) < 4.78 is 5.17. The van der Waals surface area contributed by atoms with Crippen LogP contribution >= 0.6 is 11.8 Å². The number of carboxylic acids is 1. The number of nitrogens with two attached hydrogens (primary N) is 2. The molecule has 1 saturated heterocycles. The lowest BCUT2D eigenvalue weighted by molar-refractivity contribution is -0.144. The number of rotatable bonds is 17. The zero-order valence-electron chi connectivity index (χ0n) is 33.7. The molecule has 5 aromatic rings. The molecule has 1 fully saturated rings. The molecule has 0 bridgehead atoms. The number of fused-ring (bicyclic) bond motifs is 3. The number of thioether (sulfide) groups is 1. The molecule has 2 aliphatic rings. The van der Waals surface area contributed by atoms with Gasteiger partial charge in [0, 0.05) is 24.8 Å². The Balaban J connectivity index is 1.17. The molecule has 5 aromatic carbocycles. The van der Waals surface area contributed by atoms with E-state index in [1.807, 2.05) is 91.0 Å². The molecular weight excluding hydrogens is 789 g/mol. The van der Waals surface area contributed by atoms with Gasteiger partial charge in [0.05, 0.1) is 4.75 Å². The number of benzene rings is 5. The number of carboxylic acid groups (broad SMARTS) is 1. The fraction of sp³-hybridized carbons (Fsp3) is 0.271. The van der Waals surface area contributed by atoms with Gasteiger partial charge in [-0.25, -0.2) is 9.59 Å². The molecule has 0 radical (unpaired) electrons. The van der Waals surface area contributed by atoms with Crippen LogP contribution in [0.4, 0.5) is 4.79 Å². The van der Waals surface area contributed by atoms with Crippen molar-refractivity contribution in [1.82, 2.24) is 15.5 Å². The van der Waals surface area contributed by atoms with Crippen molar-refractivity contribution in [3.05, 3.63) is 167 Å². The number of likely N-dealkylation sites (tertiary alicyclic amines) is 1. The van der Waals surface area contributed by atoms with Gasteiger partial charge in [-0.2, -0.15) is 0 Å². The summed E-state index contributed by atoms with van der Waals surface area (Å²) in [5.41, 5.74) is 18.0. The summed E-state index contributed by atoms with van der Waals surface area (Å²) >= 11 is 1.50. The quantitative estimate of drug-likeness (QED) is 0.0313. The molecule has 0 spiro atoms. The van der Waals surface area contributed by atoms with Gasteiger partial charge >= 0.3 is 12.1 Å². The van der Waals surface area contributed by atoms with Crippen LogP contribution in [0.25, 0.3) is 11.1 Å². The molecule has 0 saturated carbocycles. The van der Waals surface area contributed by atoms with E-state index in [1.165, 1.54) is 16.7 Å². The fourth-order valence-corrected chi connectivity index (χ4v) is 10.0. The first-order valence-electron chi connectivity index (χ1n) is 20.5. The van der Waals surface area contributed by atoms with E-state index < -0.39 is 46.7 Å². The number of ether oxygens (including phenoxy) is 1. The average Bonchev–Trinajstić information content (AvgIpc) is 3.91. The van der Waals surface area contributed by atoms with E-state index in [1.54, 1.807) is 0 Å². The van der Waals surface area contributed by atoms with E-state index in [4.69, 9.17) is 16.2 Å². The summed E-state index contributed by atoms with van der Waals surface area (Å²) in [4.78, 5) is 60.3. The topological polar surface area (TPSA) is 189 Å². The number of carbonyl (C=O) groups excluding carboxylic acids is 3. The van der Waals surface area contributed by atoms with Crippen molar-refractivity contribution in [3.8, 4) is 11.1 Å². The SMILES string of the molecule is NC(N)=NCCC[C@H](NC(=O)[C@@H]1CCCN1C(=O)[C@H](CSC(c1ccccc1)(c1ccccc1)c1ccccc1)NC(=O)OCC1c2ccccc2-c2ccccc21)C(=O)O. The summed E-state index contributed by atoms with van der Waals surface area (Å²) in [6, 6.07) is 42.9. The third-order valence-corrected chi connectivity index (χ3v) is 13.0. The Hall–Kier alpha value is -6.60. The minimum atomic E-state index is -1.22. The second-order valence-corrected chi connectivity index (χ2v) is 16.4. The average molecular weight is 839 g/mol. The van der Waals surface area contributed by atoms with Crippen molar-refractivity contribution in [3.63, 3.8) is 0 Å². The van der Waals surface area contributed by atoms with Crippen molar-refractivity contribution < 1.29 is 29.0 Å². The zero-order chi connectivity index (χ0) is 42.8. The van der Waals surface area contributed by atoms with Crippen molar-refractivity contribution in [2.45, 2.75) is 54.5 Å². The number of guanidine groups is 1. The summed E-state index contributed by atoms with van der Waals surface area (Å²) in [7, 11) is 0. The predicted octanol–water partition coefficient (Wildman–Crippen LogP) is 6.23. The normalized spacial score (nSPS) is 15.5. The molecular formula is C48H50N6O6S. The molecule has 0 aromatic heterocycles. The maximum absolute atomic E-state index is 14.9. The third-order valence-electron chi connectivity index (χ3n) is 11.3. The summed E-state index contributed by atoms with van der Waals surface area (Å²) in [6.45, 7) is 0.492. The molecule has 12 nitrogen and oxygen atoms in total. The van der Waals surface area contributed by atoms with E-state index in [2.05, 4.69) is 64.2 Å². The Bertz CT molecular complexity index is 2200. The predicted molar refractivity (Wildman–Crippen MR) is 238 cm³/mol. The van der Waals surface area contributed by atoms with Gasteiger partial charge in [0.25, 0.3) is 0 Å². The maximum atomic E-state index is 14.9. The van der Waals surface area contributed by atoms with Crippen LogP contribution in [0, 0.1) is 0 Å². The van der Waals surface area contributed by atoms with E-state index in [-0.39, 0.29) is 43.7 Å². The Morgan fingerprint density at radius 3 is 1.80 bits per heavy atom. The molecule has 3 atom stereocenters. The highest BCUT2D eigenvalue weighted by Gasteiger charge is 2.42. The summed E-state index contributed by atoms with van der Waals surface area (Å²) in [5.74, 6) is -2.48. The third kappa shape index (κ3) is 9.57. The smallest absolute Gasteiger partial charge is 0.407 e. The Kier molecular flexibility index (Phi) is 13.7. The van der Waals surface area contributed by atoms with E-state index in [9.17, 15) is 24.3 Å². The van der Waals surface area contributed by atoms with Gasteiger partial charge in [0.1, 0.15) is 24.7 Å². The van der Waals surface area contributed by atoms with Crippen LogP contribution in [0.2, 0.25) is 0 Å². The highest BCUT2D eigenvalue weighted by Crippen LogP contribution is 2.49. The number of aliphatic carboxylic acids is 1. The van der Waals surface area contributed by atoms with Crippen molar-refractivity contribution in [2.24, 2.45) is 16.5 Å². The van der Waals surface area contributed by atoms with E-state index in [0.29, 0.717) is 19.3 Å². The standard InChI is InChI=1S/C48H50N6O6S/c49-46(50)51-28-14-26-40(45(57)58)52-43(55)42-27-15-29-54(42)44(56)41(53-47(59)60-30-39-37-24-12-10-22-35(37)36-23-11-13-25-38(36)39)31-61-48(32-16-4-1-5-17-32,33-18-6-2-7-19-33)34-20-8-3-9-21-34/h1-13,16-25,39-42H,14-15,26-31H2,(H,52,55)(H,53,59)(H,57,58)(H4,49,50,51)/t40-,41-,42-/m0/s1. The van der Waals surface area contributed by atoms with Gasteiger partial charge in [0.2, 0.25) is 11.8 Å². The molecule has 7 N–H and O–H groups in total. The Morgan fingerprint density at radius 1 is 0.754 bits per heavy atom. The van der Waals surface area contributed by atoms with Gasteiger partial charge in [-0.05, 0) is 64.6 Å². The van der Waals surface area contributed by atoms with Crippen molar-refractivity contribution in [1.29, 1.82) is 0 Å². The van der Waals surface area contributed by atoms with Crippen molar-refractivity contribution >= 4 is 41.6 Å². The van der Waals surface area contributed by atoms with Crippen molar-refractivity contribution in [2.75, 3.05) is 25.4 Å². The lowest BCUT2D eigenvalue weighted by Gasteiger charge is -2.37. The minimum absolute atomic E-state index is 0.0460. The second kappa shape index (κ2) is 19.6. The zero-order valence-corrected chi connectivity index (χ0v) is 34.5. The Morgan fingerprint density at radius 2 is 1.28 bits per heavy atom. The number of amides is 3. The fourth-order valence-electron chi connectivity index (χ4n) is 8.47. The minimum Gasteiger partial charge on any atom is -0.480 e. The first-order valence-corrected chi connectivity index (χ1v) is 21.5. The van der Waals surface area contributed by atoms with Gasteiger partial charge in [-0.15, -0.1) is 11.8 Å². The lowest BCUT2D eigenvalue weighted by atomic mass is 9.84. The molecule has 3 amide bonds. The molecule has 1 aliphatic carbocycles. The number of hydrogen-bond donors (Lipinski definition) is 5. The molecule has 7 rings (SSSR count). The molecule has 314 valence electrons. The second-order valence-electron chi connectivity index (χ2n) is 15.2. The van der Waals surface area contributed by atoms with Crippen LogP contribution in [-0.4, -0.2) is 83.4 Å². The number of nitrogens with zero attached hydrogens (tertiary/aromatic N) is 2. The molecule has 0 unspecified atom stereocenters. The first-order chi connectivity index (χ1) is 29.7. The highest BCUT2D eigenvalue weighted by molar-refractivity contribution is 8.00. The number of carbonyl (C=O) groups is 4. The van der Waals surface area contributed by atoms with Crippen LogP contribution in [-0.2, 0) is 23.9 Å². The lowest BCUT2D eigenvalue weighted by Crippen LogP contribution is -2.56. The molecule has 61 heavy (non-hydrogen) atoms. The summed E-state index contributed by atoms with van der Waals surface area (Å²) in [5, 5.41) is 15.5. The number of alkyl carbamates (subject to hydrolysis) is 1. The van der Waals surface area contributed by atoms with Crippen LogP contribution in [0.1, 0.15) is 59.4 Å². The van der Waals surface area contributed by atoms with Crippen LogP contribution in [0.5, 0.6) is 0 Å². The molecule has 1 aliphatic heterocycles. The van der Waals surface area contributed by atoms with Crippen LogP contribution in [0.15, 0.2) is 145 Å². The highest BCUT2D eigenvalue weighted by atomic mass is 32.2. The van der Waals surface area contributed by atoms with Gasteiger partial charge < -0.3 is 36.8 Å². The van der Waals surface area contributed by atoms with Crippen LogP contribution < -0.4 is 22.1 Å². The first kappa shape index (κ1) is 42.5. The van der Waals surface area contributed by atoms with Crippen LogP contribution in [0.3, 0.4) is 0 Å². The molecule has 1 heterocycles. The summed E-state index contributed by atoms with van der Waals surface area (Å²) in [6.07, 6.45) is 0.473. The van der Waals surface area contributed by atoms with Gasteiger partial charge in [0.15, 0.2) is 5.96 Å². The van der Waals surface area contributed by atoms with Gasteiger partial charge in [-0.1, -0.05) is 140 Å². The largest absolute Gasteiger partial charge is 0.480 e. The number of hydrogen-bond acceptors (Lipinski definition) is 7. The van der Waals surface area contributed by atoms with Gasteiger partial charge in [-0.3, -0.25) is 14.6 Å². The van der Waals surface area contributed by atoms with E-state index in [0.717, 1.165) is 38.9 Å². The maximum Gasteiger partial charge on any atom is 0.407 e. The monoisotopic (exact) mass is 838 g/mol. The van der Waals surface area contributed by atoms with E-state index >= 15 is 0 Å². The molecule has 13 heteroatoms. The Labute approximate surface area is 359 Å². The number of aliphatic imine (C=N–C) groups is 1.